The zero-order chi connectivity index (χ0) is 10.8. The van der Waals surface area contributed by atoms with Gasteiger partial charge in [-0.2, -0.15) is 0 Å². The van der Waals surface area contributed by atoms with Gasteiger partial charge in [0.1, 0.15) is 0 Å². The van der Waals surface area contributed by atoms with Gasteiger partial charge in [-0.05, 0) is 18.2 Å². The Bertz CT molecular complexity index is 372. The first kappa shape index (κ1) is 10.6. The second kappa shape index (κ2) is 4.27. The number of benzene rings is 1. The minimum Gasteiger partial charge on any atom is -0.501 e. The van der Waals surface area contributed by atoms with E-state index < -0.39 is 0 Å². The Balaban J connectivity index is 1.97. The van der Waals surface area contributed by atoms with E-state index in [1.807, 2.05) is 6.07 Å². The monoisotopic (exact) mass is 267 g/mol. The van der Waals surface area contributed by atoms with Crippen molar-refractivity contribution in [3.05, 3.63) is 41.1 Å². The minimum atomic E-state index is 0.481. The predicted molar refractivity (Wildman–Crippen MR) is 66.0 cm³/mol. The molecule has 0 bridgehead atoms. The molecule has 0 radical (unpaired) electrons. The summed E-state index contributed by atoms with van der Waals surface area (Å²) in [6, 6.07) is 8.34. The lowest BCUT2D eigenvalue weighted by Crippen LogP contribution is -2.47. The Kier molecular flexibility index (Phi) is 3.00. The van der Waals surface area contributed by atoms with E-state index in [9.17, 15) is 0 Å². The molecule has 0 aliphatic carbocycles. The summed E-state index contributed by atoms with van der Waals surface area (Å²) in [6.45, 7) is 5.89. The van der Waals surface area contributed by atoms with E-state index >= 15 is 0 Å². The van der Waals surface area contributed by atoms with Gasteiger partial charge in [0, 0.05) is 23.2 Å². The number of hydrogen-bond donors (Lipinski definition) is 0. The molecule has 2 nitrogen and oxygen atoms in total. The van der Waals surface area contributed by atoms with Crippen LogP contribution in [-0.4, -0.2) is 20.2 Å². The molecule has 1 aliphatic heterocycles. The van der Waals surface area contributed by atoms with Gasteiger partial charge in [0.15, 0.2) is 0 Å². The van der Waals surface area contributed by atoms with Crippen molar-refractivity contribution in [1.29, 1.82) is 0 Å². The molecule has 1 aromatic carbocycles. The number of anilines is 1. The zero-order valence-corrected chi connectivity index (χ0v) is 10.3. The maximum Gasteiger partial charge on any atom is 0.0950 e. The molecule has 0 spiro atoms. The molecule has 80 valence electrons. The fourth-order valence-electron chi connectivity index (χ4n) is 1.73. The highest BCUT2D eigenvalue weighted by Gasteiger charge is 2.29. The molecule has 0 unspecified atom stereocenters. The van der Waals surface area contributed by atoms with Crippen LogP contribution in [0.1, 0.15) is 0 Å². The summed E-state index contributed by atoms with van der Waals surface area (Å²) in [7, 11) is 1.68. The van der Waals surface area contributed by atoms with Gasteiger partial charge in [0.2, 0.25) is 0 Å². The van der Waals surface area contributed by atoms with Crippen molar-refractivity contribution in [2.45, 2.75) is 0 Å². The molecular weight excluding hydrogens is 254 g/mol. The average molecular weight is 268 g/mol. The summed E-state index contributed by atoms with van der Waals surface area (Å²) in [5.41, 5.74) is 1.25. The molecule has 0 N–H and O–H groups in total. The van der Waals surface area contributed by atoms with Crippen LogP contribution in [0.25, 0.3) is 0 Å². The first-order valence-corrected chi connectivity index (χ1v) is 5.73. The van der Waals surface area contributed by atoms with Gasteiger partial charge in [-0.15, -0.1) is 0 Å². The Morgan fingerprint density at radius 1 is 1.53 bits per heavy atom. The van der Waals surface area contributed by atoms with Crippen molar-refractivity contribution in [3.8, 4) is 0 Å². The van der Waals surface area contributed by atoms with Gasteiger partial charge in [-0.1, -0.05) is 28.6 Å². The highest BCUT2D eigenvalue weighted by molar-refractivity contribution is 9.10. The van der Waals surface area contributed by atoms with Crippen LogP contribution in [0, 0.1) is 5.92 Å². The molecule has 0 amide bonds. The summed E-state index contributed by atoms with van der Waals surface area (Å²) >= 11 is 3.47. The Hall–Kier alpha value is -0.960. The maximum atomic E-state index is 5.13. The third-order valence-electron chi connectivity index (χ3n) is 2.77. The molecule has 1 aliphatic rings. The van der Waals surface area contributed by atoms with E-state index in [-0.39, 0.29) is 0 Å². The van der Waals surface area contributed by atoms with Crippen LogP contribution in [0.3, 0.4) is 0 Å². The Morgan fingerprint density at radius 3 is 2.87 bits per heavy atom. The second-order valence-corrected chi connectivity index (χ2v) is 4.67. The molecule has 0 saturated carbocycles. The van der Waals surface area contributed by atoms with E-state index in [4.69, 9.17) is 4.74 Å². The molecule has 0 aromatic heterocycles. The lowest BCUT2D eigenvalue weighted by Gasteiger charge is -2.41. The van der Waals surface area contributed by atoms with E-state index in [0.29, 0.717) is 5.92 Å². The van der Waals surface area contributed by atoms with Crippen LogP contribution in [0.5, 0.6) is 0 Å². The largest absolute Gasteiger partial charge is 0.501 e. The normalized spacial score (nSPS) is 16.0. The number of nitrogens with zero attached hydrogens (tertiary/aromatic N) is 1. The molecule has 1 heterocycles. The van der Waals surface area contributed by atoms with Crippen LogP contribution in [-0.2, 0) is 4.74 Å². The van der Waals surface area contributed by atoms with Crippen molar-refractivity contribution < 1.29 is 4.74 Å². The van der Waals surface area contributed by atoms with Crippen LogP contribution in [0.15, 0.2) is 41.1 Å². The van der Waals surface area contributed by atoms with Crippen molar-refractivity contribution in [1.82, 2.24) is 0 Å². The molecule has 15 heavy (non-hydrogen) atoms. The van der Waals surface area contributed by atoms with Gasteiger partial charge >= 0.3 is 0 Å². The topological polar surface area (TPSA) is 12.5 Å². The number of rotatable bonds is 3. The van der Waals surface area contributed by atoms with Crippen molar-refractivity contribution in [3.63, 3.8) is 0 Å². The lowest BCUT2D eigenvalue weighted by molar-refractivity contribution is 0.224. The van der Waals surface area contributed by atoms with Crippen LogP contribution >= 0.6 is 15.9 Å². The highest BCUT2D eigenvalue weighted by Crippen LogP contribution is 2.29. The van der Waals surface area contributed by atoms with Gasteiger partial charge in [0.05, 0.1) is 18.8 Å². The number of methoxy groups -OCH3 is 1. The molecule has 1 saturated heterocycles. The average Bonchev–Trinajstić information content (AvgIpc) is 2.15. The fourth-order valence-corrected chi connectivity index (χ4v) is 2.12. The maximum absolute atomic E-state index is 5.13. The minimum absolute atomic E-state index is 0.481. The van der Waals surface area contributed by atoms with Gasteiger partial charge in [0.25, 0.3) is 0 Å². The highest BCUT2D eigenvalue weighted by atomic mass is 79.9. The standard InChI is InChI=1S/C12H14BrNO/c1-9(15-2)10-7-14(8-10)12-5-3-4-11(13)6-12/h3-6,10H,1,7-8H2,2H3. The van der Waals surface area contributed by atoms with E-state index in [1.54, 1.807) is 7.11 Å². The molecular formula is C12H14BrNO. The Morgan fingerprint density at radius 2 is 2.27 bits per heavy atom. The third-order valence-corrected chi connectivity index (χ3v) is 3.27. The van der Waals surface area contributed by atoms with Crippen LogP contribution < -0.4 is 4.90 Å². The lowest BCUT2D eigenvalue weighted by atomic mass is 9.97. The first-order chi connectivity index (χ1) is 7.20. The quantitative estimate of drug-likeness (QED) is 0.781. The van der Waals surface area contributed by atoms with E-state index in [0.717, 1.165) is 23.3 Å². The van der Waals surface area contributed by atoms with Crippen molar-refractivity contribution in [2.75, 3.05) is 25.1 Å². The molecule has 2 rings (SSSR count). The Labute approximate surface area is 98.7 Å². The first-order valence-electron chi connectivity index (χ1n) is 4.94. The summed E-state index contributed by atoms with van der Waals surface area (Å²) in [6.07, 6.45) is 0. The smallest absolute Gasteiger partial charge is 0.0950 e. The summed E-state index contributed by atoms with van der Waals surface area (Å²) in [5, 5.41) is 0. The van der Waals surface area contributed by atoms with Crippen LogP contribution in [0.4, 0.5) is 5.69 Å². The number of ether oxygens (including phenoxy) is 1. The van der Waals surface area contributed by atoms with Crippen molar-refractivity contribution in [2.24, 2.45) is 5.92 Å². The zero-order valence-electron chi connectivity index (χ0n) is 8.74. The van der Waals surface area contributed by atoms with Crippen LogP contribution in [0.2, 0.25) is 0 Å². The fraction of sp³-hybridized carbons (Fsp3) is 0.333. The SMILES string of the molecule is C=C(OC)C1CN(c2cccc(Br)c2)C1. The third kappa shape index (κ3) is 2.17. The predicted octanol–water partition coefficient (Wildman–Crippen LogP) is 3.05. The van der Waals surface area contributed by atoms with E-state index in [2.05, 4.69) is 45.6 Å². The van der Waals surface area contributed by atoms with Gasteiger partial charge in [-0.3, -0.25) is 0 Å². The van der Waals surface area contributed by atoms with E-state index in [1.165, 1.54) is 5.69 Å². The molecule has 1 fully saturated rings. The summed E-state index contributed by atoms with van der Waals surface area (Å²) < 4.78 is 6.25. The molecule has 1 aromatic rings. The van der Waals surface area contributed by atoms with Crippen molar-refractivity contribution >= 4 is 21.6 Å². The summed E-state index contributed by atoms with van der Waals surface area (Å²) in [4.78, 5) is 2.32. The molecule has 0 atom stereocenters. The number of hydrogen-bond acceptors (Lipinski definition) is 2. The number of halogens is 1. The van der Waals surface area contributed by atoms with Gasteiger partial charge in [-0.25, -0.2) is 0 Å². The summed E-state index contributed by atoms with van der Waals surface area (Å²) in [5.74, 6) is 1.37. The molecule has 3 heteroatoms. The second-order valence-electron chi connectivity index (χ2n) is 3.75. The van der Waals surface area contributed by atoms with Gasteiger partial charge < -0.3 is 9.64 Å².